The second kappa shape index (κ2) is 6.29. The van der Waals surface area contributed by atoms with Gasteiger partial charge in [0, 0.05) is 19.7 Å². The van der Waals surface area contributed by atoms with Crippen LogP contribution in [0.2, 0.25) is 0 Å². The number of likely N-dealkylation sites (N-methyl/N-ethyl adjacent to an activating group) is 1. The van der Waals surface area contributed by atoms with Crippen LogP contribution in [-0.2, 0) is 14.8 Å². The number of aryl methyl sites for hydroxylation is 1. The molecule has 3 N–H and O–H groups in total. The molecule has 0 radical (unpaired) electrons. The van der Waals surface area contributed by atoms with Crippen LogP contribution in [0, 0.1) is 6.92 Å². The summed E-state index contributed by atoms with van der Waals surface area (Å²) in [6.07, 6.45) is 0. The molecule has 0 saturated carbocycles. The molecule has 1 amide bonds. The highest BCUT2D eigenvalue weighted by atomic mass is 32.2. The first kappa shape index (κ1) is 16.5. The number of hydrogen-bond acceptors (Lipinski definition) is 4. The van der Waals surface area contributed by atoms with E-state index in [-0.39, 0.29) is 22.3 Å². The van der Waals surface area contributed by atoms with Gasteiger partial charge in [0.05, 0.1) is 11.4 Å². The largest absolute Gasteiger partial charge is 0.389 e. The zero-order valence-corrected chi connectivity index (χ0v) is 13.1. The maximum Gasteiger partial charge on any atom is 0.241 e. The lowest BCUT2D eigenvalue weighted by molar-refractivity contribution is -0.127. The van der Waals surface area contributed by atoms with Crippen LogP contribution in [0.3, 0.4) is 0 Å². The summed E-state index contributed by atoms with van der Waals surface area (Å²) in [5.41, 5.74) is 6.51. The van der Waals surface area contributed by atoms with Crippen molar-refractivity contribution in [3.05, 3.63) is 29.3 Å². The molecule has 8 heteroatoms. The van der Waals surface area contributed by atoms with E-state index in [0.29, 0.717) is 11.1 Å². The van der Waals surface area contributed by atoms with E-state index in [4.69, 9.17) is 18.0 Å². The summed E-state index contributed by atoms with van der Waals surface area (Å²) >= 11 is 4.83. The third-order valence-electron chi connectivity index (χ3n) is 2.67. The number of carbonyl (C=O) groups excluding carboxylic acids is 1. The molecule has 0 aliphatic heterocycles. The SMILES string of the molecule is Cc1ccc(C(N)=S)cc1S(=O)(=O)NCC(=O)N(C)C. The number of amides is 1. The Labute approximate surface area is 124 Å². The molecule has 0 spiro atoms. The van der Waals surface area contributed by atoms with Gasteiger partial charge in [0.1, 0.15) is 4.99 Å². The van der Waals surface area contributed by atoms with Crippen molar-refractivity contribution >= 4 is 33.1 Å². The third-order valence-corrected chi connectivity index (χ3v) is 4.45. The van der Waals surface area contributed by atoms with Gasteiger partial charge in [-0.3, -0.25) is 4.79 Å². The fraction of sp³-hybridized carbons (Fsp3) is 0.333. The minimum absolute atomic E-state index is 0.0642. The second-order valence-corrected chi connectivity index (χ2v) is 6.63. The molecule has 0 saturated heterocycles. The van der Waals surface area contributed by atoms with Gasteiger partial charge in [-0.15, -0.1) is 0 Å². The average molecular weight is 315 g/mol. The first-order chi connectivity index (χ1) is 9.15. The first-order valence-corrected chi connectivity index (χ1v) is 7.64. The summed E-state index contributed by atoms with van der Waals surface area (Å²) in [5.74, 6) is -0.336. The van der Waals surface area contributed by atoms with Gasteiger partial charge in [-0.25, -0.2) is 13.1 Å². The minimum atomic E-state index is -3.79. The van der Waals surface area contributed by atoms with Gasteiger partial charge in [0.15, 0.2) is 0 Å². The van der Waals surface area contributed by atoms with Crippen molar-refractivity contribution in [2.45, 2.75) is 11.8 Å². The fourth-order valence-corrected chi connectivity index (χ4v) is 2.81. The van der Waals surface area contributed by atoms with E-state index in [1.54, 1.807) is 33.2 Å². The lowest BCUT2D eigenvalue weighted by Gasteiger charge is -2.13. The van der Waals surface area contributed by atoms with Crippen molar-refractivity contribution < 1.29 is 13.2 Å². The molecule has 0 fully saturated rings. The van der Waals surface area contributed by atoms with E-state index >= 15 is 0 Å². The van der Waals surface area contributed by atoms with E-state index in [9.17, 15) is 13.2 Å². The van der Waals surface area contributed by atoms with Crippen LogP contribution in [0.25, 0.3) is 0 Å². The van der Waals surface area contributed by atoms with Crippen LogP contribution in [0.15, 0.2) is 23.1 Å². The predicted octanol–water partition coefficient (Wildman–Crippen LogP) is -0.00428. The molecule has 0 aromatic heterocycles. The molecule has 0 bridgehead atoms. The number of hydrogen-bond donors (Lipinski definition) is 2. The molecule has 6 nitrogen and oxygen atoms in total. The second-order valence-electron chi connectivity index (χ2n) is 4.46. The number of thiocarbonyl (C=S) groups is 1. The standard InChI is InChI=1S/C12H17N3O3S2/c1-8-4-5-9(12(13)19)6-10(8)20(17,18)14-7-11(16)15(2)3/h4-6,14H,7H2,1-3H3,(H2,13,19). The summed E-state index contributed by atoms with van der Waals surface area (Å²) in [6.45, 7) is 1.36. The van der Waals surface area contributed by atoms with Gasteiger partial charge < -0.3 is 10.6 Å². The minimum Gasteiger partial charge on any atom is -0.389 e. The Kier molecular flexibility index (Phi) is 5.21. The summed E-state index contributed by atoms with van der Waals surface area (Å²) < 4.78 is 26.6. The molecular formula is C12H17N3O3S2. The van der Waals surface area contributed by atoms with Crippen molar-refractivity contribution in [1.29, 1.82) is 0 Å². The molecule has 1 rings (SSSR count). The van der Waals surface area contributed by atoms with E-state index in [2.05, 4.69) is 4.72 Å². The molecule has 0 unspecified atom stereocenters. The van der Waals surface area contributed by atoms with E-state index in [1.807, 2.05) is 0 Å². The number of sulfonamides is 1. The van der Waals surface area contributed by atoms with Crippen LogP contribution in [0.4, 0.5) is 0 Å². The van der Waals surface area contributed by atoms with Crippen molar-refractivity contribution in [2.24, 2.45) is 5.73 Å². The van der Waals surface area contributed by atoms with Gasteiger partial charge in [0.25, 0.3) is 0 Å². The van der Waals surface area contributed by atoms with E-state index in [0.717, 1.165) is 0 Å². The van der Waals surface area contributed by atoms with Crippen molar-refractivity contribution in [1.82, 2.24) is 9.62 Å². The fourth-order valence-electron chi connectivity index (χ4n) is 1.44. The Hall–Kier alpha value is -1.51. The van der Waals surface area contributed by atoms with Crippen LogP contribution in [0.1, 0.15) is 11.1 Å². The Bertz CT molecular complexity index is 639. The van der Waals surface area contributed by atoms with Crippen LogP contribution < -0.4 is 10.5 Å². The number of nitrogens with two attached hydrogens (primary N) is 1. The smallest absolute Gasteiger partial charge is 0.241 e. The van der Waals surface area contributed by atoms with Crippen LogP contribution >= 0.6 is 12.2 Å². The normalized spacial score (nSPS) is 11.2. The monoisotopic (exact) mass is 315 g/mol. The highest BCUT2D eigenvalue weighted by molar-refractivity contribution is 7.89. The third kappa shape index (κ3) is 3.99. The number of benzene rings is 1. The van der Waals surface area contributed by atoms with Crippen LogP contribution in [-0.4, -0.2) is 44.9 Å². The summed E-state index contributed by atoms with van der Waals surface area (Å²) in [4.78, 5) is 12.9. The van der Waals surface area contributed by atoms with E-state index < -0.39 is 10.0 Å². The number of nitrogens with zero attached hydrogens (tertiary/aromatic N) is 1. The van der Waals surface area contributed by atoms with Gasteiger partial charge >= 0.3 is 0 Å². The first-order valence-electron chi connectivity index (χ1n) is 5.75. The highest BCUT2D eigenvalue weighted by Crippen LogP contribution is 2.17. The number of rotatable bonds is 5. The maximum absolute atomic E-state index is 12.2. The van der Waals surface area contributed by atoms with Gasteiger partial charge in [0.2, 0.25) is 15.9 Å². The maximum atomic E-state index is 12.2. The Balaban J connectivity index is 3.06. The molecule has 1 aromatic rings. The summed E-state index contributed by atoms with van der Waals surface area (Å²) in [5, 5.41) is 0. The van der Waals surface area contributed by atoms with E-state index in [1.165, 1.54) is 11.0 Å². The Morgan fingerprint density at radius 1 is 1.40 bits per heavy atom. The molecular weight excluding hydrogens is 298 g/mol. The zero-order valence-electron chi connectivity index (χ0n) is 11.5. The van der Waals surface area contributed by atoms with Crippen molar-refractivity contribution in [2.75, 3.05) is 20.6 Å². The molecule has 1 aromatic carbocycles. The zero-order chi connectivity index (χ0) is 15.5. The summed E-state index contributed by atoms with van der Waals surface area (Å²) in [7, 11) is -0.686. The highest BCUT2D eigenvalue weighted by Gasteiger charge is 2.19. The van der Waals surface area contributed by atoms with Gasteiger partial charge in [-0.05, 0) is 18.6 Å². The Morgan fingerprint density at radius 3 is 2.50 bits per heavy atom. The lowest BCUT2D eigenvalue weighted by Crippen LogP contribution is -2.36. The molecule has 110 valence electrons. The van der Waals surface area contributed by atoms with Crippen LogP contribution in [0.5, 0.6) is 0 Å². The average Bonchev–Trinajstić information content (AvgIpc) is 2.35. The van der Waals surface area contributed by atoms with Crippen molar-refractivity contribution in [3.63, 3.8) is 0 Å². The lowest BCUT2D eigenvalue weighted by atomic mass is 10.1. The van der Waals surface area contributed by atoms with Gasteiger partial charge in [-0.1, -0.05) is 24.4 Å². The predicted molar refractivity (Wildman–Crippen MR) is 80.9 cm³/mol. The topological polar surface area (TPSA) is 92.5 Å². The van der Waals surface area contributed by atoms with Crippen molar-refractivity contribution in [3.8, 4) is 0 Å². The quantitative estimate of drug-likeness (QED) is 0.746. The number of nitrogens with one attached hydrogen (secondary N) is 1. The molecule has 0 aliphatic rings. The van der Waals surface area contributed by atoms with Gasteiger partial charge in [-0.2, -0.15) is 0 Å². The molecule has 0 heterocycles. The summed E-state index contributed by atoms with van der Waals surface area (Å²) in [6, 6.07) is 4.68. The molecule has 20 heavy (non-hydrogen) atoms. The number of carbonyl (C=O) groups is 1. The molecule has 0 aliphatic carbocycles. The molecule has 0 atom stereocenters. The Morgan fingerprint density at radius 2 is 2.00 bits per heavy atom.